The predicted octanol–water partition coefficient (Wildman–Crippen LogP) is 2.15. The van der Waals surface area contributed by atoms with Gasteiger partial charge in [-0.1, -0.05) is 13.8 Å². The van der Waals surface area contributed by atoms with E-state index in [0.29, 0.717) is 12.5 Å². The standard InChI is InChI=1S/C13H24N4O.2ClH/c1-9(2)6-11(14-4)13(18)17(5)8-12-15-7-10(3)16-12;;/h7,9,11,14H,6,8H2,1-5H3,(H,15,16);2*1H/t11-;;/m0../s1. The molecular weight excluding hydrogens is 299 g/mol. The van der Waals surface area contributed by atoms with Crippen LogP contribution >= 0.6 is 24.8 Å². The number of nitrogens with zero attached hydrogens (tertiary/aromatic N) is 2. The molecule has 0 saturated heterocycles. The number of imidazole rings is 1. The second kappa shape index (κ2) is 10.0. The highest BCUT2D eigenvalue weighted by atomic mass is 35.5. The van der Waals surface area contributed by atoms with Crippen molar-refractivity contribution in [2.45, 2.75) is 39.8 Å². The minimum absolute atomic E-state index is 0. The first-order valence-corrected chi connectivity index (χ1v) is 6.36. The Morgan fingerprint density at radius 2 is 2.05 bits per heavy atom. The monoisotopic (exact) mass is 324 g/mol. The molecule has 20 heavy (non-hydrogen) atoms. The molecule has 0 spiro atoms. The largest absolute Gasteiger partial charge is 0.345 e. The molecule has 1 heterocycles. The molecule has 5 nitrogen and oxygen atoms in total. The summed E-state index contributed by atoms with van der Waals surface area (Å²) in [6, 6.07) is -0.119. The fourth-order valence-corrected chi connectivity index (χ4v) is 1.93. The van der Waals surface area contributed by atoms with Crippen molar-refractivity contribution in [3.8, 4) is 0 Å². The molecule has 0 aliphatic rings. The van der Waals surface area contributed by atoms with Crippen LogP contribution in [0, 0.1) is 12.8 Å². The second-order valence-corrected chi connectivity index (χ2v) is 5.18. The summed E-state index contributed by atoms with van der Waals surface area (Å²) in [5.41, 5.74) is 1.01. The Bertz CT molecular complexity index is 395. The molecule has 0 saturated carbocycles. The van der Waals surface area contributed by atoms with E-state index in [1.165, 1.54) is 0 Å². The Balaban J connectivity index is 0. The van der Waals surface area contributed by atoms with Crippen LogP contribution < -0.4 is 5.32 Å². The number of nitrogens with one attached hydrogen (secondary N) is 2. The normalized spacial score (nSPS) is 11.5. The summed E-state index contributed by atoms with van der Waals surface area (Å²) < 4.78 is 0. The molecule has 0 aromatic carbocycles. The SMILES string of the molecule is CN[C@@H](CC(C)C)C(=O)N(C)Cc1ncc(C)[nH]1.Cl.Cl. The molecule has 0 fully saturated rings. The van der Waals surface area contributed by atoms with Gasteiger partial charge in [0.25, 0.3) is 0 Å². The maximum atomic E-state index is 12.2. The number of aryl methyl sites for hydroxylation is 1. The summed E-state index contributed by atoms with van der Waals surface area (Å²) in [7, 11) is 3.64. The van der Waals surface area contributed by atoms with Gasteiger partial charge in [-0.25, -0.2) is 4.98 Å². The van der Waals surface area contributed by atoms with E-state index in [2.05, 4.69) is 29.1 Å². The number of likely N-dealkylation sites (N-methyl/N-ethyl adjacent to an activating group) is 2. The van der Waals surface area contributed by atoms with Gasteiger partial charge < -0.3 is 15.2 Å². The first-order valence-electron chi connectivity index (χ1n) is 6.36. The molecular formula is C13H26Cl2N4O. The number of hydrogen-bond donors (Lipinski definition) is 2. The fraction of sp³-hybridized carbons (Fsp3) is 0.692. The lowest BCUT2D eigenvalue weighted by molar-refractivity contribution is -0.133. The van der Waals surface area contributed by atoms with Gasteiger partial charge in [-0.2, -0.15) is 0 Å². The van der Waals surface area contributed by atoms with Gasteiger partial charge in [0.15, 0.2) is 0 Å². The Labute approximate surface area is 133 Å². The highest BCUT2D eigenvalue weighted by Gasteiger charge is 2.21. The van der Waals surface area contributed by atoms with Gasteiger partial charge in [-0.05, 0) is 26.3 Å². The van der Waals surface area contributed by atoms with Gasteiger partial charge in [0.1, 0.15) is 5.82 Å². The summed E-state index contributed by atoms with van der Waals surface area (Å²) >= 11 is 0. The number of carbonyl (C=O) groups excluding carboxylic acids is 1. The van der Waals surface area contributed by atoms with Crippen LogP contribution in [-0.2, 0) is 11.3 Å². The number of halogens is 2. The van der Waals surface area contributed by atoms with Crippen LogP contribution in [-0.4, -0.2) is 40.9 Å². The van der Waals surface area contributed by atoms with E-state index in [-0.39, 0.29) is 36.8 Å². The van der Waals surface area contributed by atoms with E-state index in [1.54, 1.807) is 11.1 Å². The third-order valence-corrected chi connectivity index (χ3v) is 2.87. The number of H-pyrrole nitrogens is 1. The molecule has 1 aromatic rings. The van der Waals surface area contributed by atoms with Crippen molar-refractivity contribution in [1.29, 1.82) is 0 Å². The third kappa shape index (κ3) is 6.59. The number of amides is 1. The lowest BCUT2D eigenvalue weighted by atomic mass is 10.0. The van der Waals surface area contributed by atoms with Crippen LogP contribution in [0.25, 0.3) is 0 Å². The van der Waals surface area contributed by atoms with Crippen LogP contribution in [0.15, 0.2) is 6.20 Å². The van der Waals surface area contributed by atoms with Gasteiger partial charge in [-0.15, -0.1) is 24.8 Å². The quantitative estimate of drug-likeness (QED) is 0.842. The summed E-state index contributed by atoms with van der Waals surface area (Å²) in [6.07, 6.45) is 2.62. The Morgan fingerprint density at radius 3 is 2.45 bits per heavy atom. The first-order chi connectivity index (χ1) is 8.43. The Morgan fingerprint density at radius 1 is 1.45 bits per heavy atom. The van der Waals surface area contributed by atoms with Crippen molar-refractivity contribution < 1.29 is 4.79 Å². The van der Waals surface area contributed by atoms with Crippen molar-refractivity contribution in [3.63, 3.8) is 0 Å². The van der Waals surface area contributed by atoms with E-state index >= 15 is 0 Å². The molecule has 2 N–H and O–H groups in total. The number of aromatic amines is 1. The molecule has 1 amide bonds. The van der Waals surface area contributed by atoms with E-state index in [1.807, 2.05) is 21.0 Å². The average molecular weight is 325 g/mol. The minimum Gasteiger partial charge on any atom is -0.345 e. The molecule has 0 aliphatic carbocycles. The molecule has 0 aliphatic heterocycles. The molecule has 1 atom stereocenters. The molecule has 0 bridgehead atoms. The van der Waals surface area contributed by atoms with Gasteiger partial charge in [-0.3, -0.25) is 4.79 Å². The molecule has 7 heteroatoms. The first kappa shape index (κ1) is 21.5. The maximum absolute atomic E-state index is 12.2. The number of hydrogen-bond acceptors (Lipinski definition) is 3. The third-order valence-electron chi connectivity index (χ3n) is 2.87. The van der Waals surface area contributed by atoms with Crippen LogP contribution in [0.4, 0.5) is 0 Å². The predicted molar refractivity (Wildman–Crippen MR) is 86.6 cm³/mol. The zero-order valence-electron chi connectivity index (χ0n) is 12.8. The van der Waals surface area contributed by atoms with E-state index in [4.69, 9.17) is 0 Å². The molecule has 118 valence electrons. The zero-order chi connectivity index (χ0) is 13.7. The van der Waals surface area contributed by atoms with Crippen molar-refractivity contribution in [1.82, 2.24) is 20.2 Å². The topological polar surface area (TPSA) is 61.0 Å². The van der Waals surface area contributed by atoms with Gasteiger partial charge in [0.05, 0.1) is 12.6 Å². The van der Waals surface area contributed by atoms with Crippen molar-refractivity contribution in [2.75, 3.05) is 14.1 Å². The van der Waals surface area contributed by atoms with E-state index in [0.717, 1.165) is 17.9 Å². The van der Waals surface area contributed by atoms with Crippen LogP contribution in [0.3, 0.4) is 0 Å². The average Bonchev–Trinajstić information content (AvgIpc) is 2.70. The number of aromatic nitrogens is 2. The Kier molecular flexibility index (Phi) is 10.8. The van der Waals surface area contributed by atoms with Crippen molar-refractivity contribution in [3.05, 3.63) is 17.7 Å². The summed E-state index contributed by atoms with van der Waals surface area (Å²) in [4.78, 5) is 21.3. The highest BCUT2D eigenvalue weighted by Crippen LogP contribution is 2.08. The number of carbonyl (C=O) groups is 1. The lowest BCUT2D eigenvalue weighted by Crippen LogP contribution is -2.44. The van der Waals surface area contributed by atoms with Gasteiger partial charge in [0, 0.05) is 18.9 Å². The Hall–Kier alpha value is -0.780. The maximum Gasteiger partial charge on any atom is 0.239 e. The van der Waals surface area contributed by atoms with Crippen LogP contribution in [0.2, 0.25) is 0 Å². The molecule has 0 unspecified atom stereocenters. The minimum atomic E-state index is -0.119. The lowest BCUT2D eigenvalue weighted by Gasteiger charge is -2.24. The van der Waals surface area contributed by atoms with Crippen molar-refractivity contribution >= 4 is 30.7 Å². The molecule has 1 rings (SSSR count). The van der Waals surface area contributed by atoms with Crippen LogP contribution in [0.5, 0.6) is 0 Å². The summed E-state index contributed by atoms with van der Waals surface area (Å²) in [6.45, 7) is 6.71. The molecule has 1 aromatic heterocycles. The molecule has 0 radical (unpaired) electrons. The second-order valence-electron chi connectivity index (χ2n) is 5.18. The highest BCUT2D eigenvalue weighted by molar-refractivity contribution is 5.85. The van der Waals surface area contributed by atoms with E-state index < -0.39 is 0 Å². The smallest absolute Gasteiger partial charge is 0.239 e. The zero-order valence-corrected chi connectivity index (χ0v) is 14.4. The summed E-state index contributed by atoms with van der Waals surface area (Å²) in [5, 5.41) is 3.08. The van der Waals surface area contributed by atoms with Crippen LogP contribution in [0.1, 0.15) is 31.8 Å². The number of rotatable bonds is 6. The summed E-state index contributed by atoms with van der Waals surface area (Å²) in [5.74, 6) is 1.42. The van der Waals surface area contributed by atoms with Crippen molar-refractivity contribution in [2.24, 2.45) is 5.92 Å². The van der Waals surface area contributed by atoms with E-state index in [9.17, 15) is 4.79 Å². The van der Waals surface area contributed by atoms with Gasteiger partial charge >= 0.3 is 0 Å². The fourth-order valence-electron chi connectivity index (χ4n) is 1.93. The van der Waals surface area contributed by atoms with Gasteiger partial charge in [0.2, 0.25) is 5.91 Å².